The van der Waals surface area contributed by atoms with E-state index in [0.29, 0.717) is 32.7 Å². The standard InChI is InChI=1S/C19H22N2O4S2/c22-17(18-7-4-13-26-18)15-20-9-11-21(12-10-20)19(23)8-14-27(24,25)16-5-2-1-3-6-16/h1-7,13H,8-12,14-15H2. The monoisotopic (exact) mass is 406 g/mol. The van der Waals surface area contributed by atoms with Gasteiger partial charge < -0.3 is 4.90 Å². The molecule has 1 aromatic carbocycles. The molecular formula is C19H22N2O4S2. The van der Waals surface area contributed by atoms with Crippen molar-refractivity contribution in [3.05, 3.63) is 52.7 Å². The van der Waals surface area contributed by atoms with Crippen LogP contribution in [-0.2, 0) is 14.6 Å². The lowest BCUT2D eigenvalue weighted by atomic mass is 10.2. The molecule has 144 valence electrons. The van der Waals surface area contributed by atoms with E-state index in [9.17, 15) is 18.0 Å². The highest BCUT2D eigenvalue weighted by atomic mass is 32.2. The molecule has 1 fully saturated rings. The normalized spacial score (nSPS) is 15.6. The fraction of sp³-hybridized carbons (Fsp3) is 0.368. The summed E-state index contributed by atoms with van der Waals surface area (Å²) in [7, 11) is -3.45. The van der Waals surface area contributed by atoms with Crippen molar-refractivity contribution in [2.75, 3.05) is 38.5 Å². The zero-order valence-corrected chi connectivity index (χ0v) is 16.5. The van der Waals surface area contributed by atoms with Gasteiger partial charge in [0.2, 0.25) is 5.91 Å². The number of carbonyl (C=O) groups is 2. The van der Waals surface area contributed by atoms with E-state index in [0.717, 1.165) is 4.88 Å². The van der Waals surface area contributed by atoms with Crippen LogP contribution in [0.3, 0.4) is 0 Å². The number of amides is 1. The smallest absolute Gasteiger partial charge is 0.223 e. The molecule has 0 spiro atoms. The molecule has 1 aliphatic rings. The third kappa shape index (κ3) is 5.24. The van der Waals surface area contributed by atoms with Crippen molar-refractivity contribution in [2.45, 2.75) is 11.3 Å². The molecule has 8 heteroatoms. The zero-order chi connectivity index (χ0) is 19.3. The van der Waals surface area contributed by atoms with Gasteiger partial charge in [-0.25, -0.2) is 8.42 Å². The summed E-state index contributed by atoms with van der Waals surface area (Å²) in [6.07, 6.45) is -0.0225. The lowest BCUT2D eigenvalue weighted by molar-refractivity contribution is -0.132. The molecule has 3 rings (SSSR count). The number of hydrogen-bond donors (Lipinski definition) is 0. The molecule has 6 nitrogen and oxygen atoms in total. The van der Waals surface area contributed by atoms with E-state index in [4.69, 9.17) is 0 Å². The summed E-state index contributed by atoms with van der Waals surface area (Å²) < 4.78 is 24.6. The van der Waals surface area contributed by atoms with Gasteiger partial charge in [-0.3, -0.25) is 14.5 Å². The number of carbonyl (C=O) groups excluding carboxylic acids is 2. The van der Waals surface area contributed by atoms with Gasteiger partial charge in [-0.05, 0) is 23.6 Å². The summed E-state index contributed by atoms with van der Waals surface area (Å²) in [5.41, 5.74) is 0. The Balaban J connectivity index is 1.45. The van der Waals surface area contributed by atoms with E-state index in [1.54, 1.807) is 35.2 Å². The molecule has 0 bridgehead atoms. The summed E-state index contributed by atoms with van der Waals surface area (Å²) in [6, 6.07) is 11.9. The Kier molecular flexibility index (Phi) is 6.41. The maximum atomic E-state index is 12.4. The van der Waals surface area contributed by atoms with Crippen molar-refractivity contribution in [3.63, 3.8) is 0 Å². The molecule has 2 heterocycles. The second-order valence-electron chi connectivity index (χ2n) is 6.44. The van der Waals surface area contributed by atoms with Crippen LogP contribution < -0.4 is 0 Å². The first kappa shape index (κ1) is 19.7. The van der Waals surface area contributed by atoms with Gasteiger partial charge in [0, 0.05) is 32.6 Å². The molecule has 0 N–H and O–H groups in total. The van der Waals surface area contributed by atoms with E-state index in [1.807, 2.05) is 22.4 Å². The molecule has 0 radical (unpaired) electrons. The lowest BCUT2D eigenvalue weighted by Gasteiger charge is -2.34. The fourth-order valence-corrected chi connectivity index (χ4v) is 4.91. The summed E-state index contributed by atoms with van der Waals surface area (Å²) >= 11 is 1.43. The van der Waals surface area contributed by atoms with Gasteiger partial charge in [-0.15, -0.1) is 11.3 Å². The minimum atomic E-state index is -3.45. The van der Waals surface area contributed by atoms with Crippen molar-refractivity contribution in [2.24, 2.45) is 0 Å². The second-order valence-corrected chi connectivity index (χ2v) is 9.50. The van der Waals surface area contributed by atoms with Gasteiger partial charge in [0.1, 0.15) is 0 Å². The minimum absolute atomic E-state index is 0.0225. The van der Waals surface area contributed by atoms with E-state index in [-0.39, 0.29) is 28.8 Å². The number of Topliss-reactive ketones (excluding diaryl/α,β-unsaturated/α-hetero) is 1. The van der Waals surface area contributed by atoms with Gasteiger partial charge in [-0.2, -0.15) is 0 Å². The topological polar surface area (TPSA) is 74.8 Å². The molecule has 27 heavy (non-hydrogen) atoms. The summed E-state index contributed by atoms with van der Waals surface area (Å²) in [5, 5.41) is 1.88. The van der Waals surface area contributed by atoms with E-state index in [1.165, 1.54) is 11.3 Å². The quantitative estimate of drug-likeness (QED) is 0.657. The summed E-state index contributed by atoms with van der Waals surface area (Å²) in [6.45, 7) is 2.62. The van der Waals surface area contributed by atoms with Crippen LogP contribution in [0, 0.1) is 0 Å². The van der Waals surface area contributed by atoms with Gasteiger partial charge in [0.15, 0.2) is 15.6 Å². The maximum absolute atomic E-state index is 12.4. The molecule has 1 aliphatic heterocycles. The molecule has 1 aromatic heterocycles. The van der Waals surface area contributed by atoms with Gasteiger partial charge in [0.25, 0.3) is 0 Å². The third-order valence-electron chi connectivity index (χ3n) is 4.58. The maximum Gasteiger partial charge on any atom is 0.223 e. The first-order chi connectivity index (χ1) is 13.0. The van der Waals surface area contributed by atoms with E-state index in [2.05, 4.69) is 0 Å². The Bertz CT molecular complexity index is 872. The Hall–Kier alpha value is -2.03. The summed E-state index contributed by atoms with van der Waals surface area (Å²) in [5.74, 6) is -0.245. The molecule has 0 unspecified atom stereocenters. The average Bonchev–Trinajstić information content (AvgIpc) is 3.22. The van der Waals surface area contributed by atoms with Crippen LogP contribution >= 0.6 is 11.3 Å². The van der Waals surface area contributed by atoms with Crippen molar-refractivity contribution in [1.82, 2.24) is 9.80 Å². The predicted octanol–water partition coefficient (Wildman–Crippen LogP) is 1.94. The van der Waals surface area contributed by atoms with E-state index < -0.39 is 9.84 Å². The van der Waals surface area contributed by atoms with Crippen molar-refractivity contribution in [1.29, 1.82) is 0 Å². The predicted molar refractivity (Wildman–Crippen MR) is 105 cm³/mol. The SMILES string of the molecule is O=C(CN1CCN(C(=O)CCS(=O)(=O)c2ccccc2)CC1)c1cccs1. The Morgan fingerprint density at radius 3 is 2.30 bits per heavy atom. The van der Waals surface area contributed by atoms with Crippen LogP contribution in [0.1, 0.15) is 16.1 Å². The number of ketones is 1. The Labute approximate surface area is 163 Å². The number of hydrogen-bond acceptors (Lipinski definition) is 6. The average molecular weight is 407 g/mol. The van der Waals surface area contributed by atoms with E-state index >= 15 is 0 Å². The first-order valence-electron chi connectivity index (χ1n) is 8.80. The van der Waals surface area contributed by atoms with Gasteiger partial charge >= 0.3 is 0 Å². The first-order valence-corrected chi connectivity index (χ1v) is 11.3. The Morgan fingerprint density at radius 1 is 0.963 bits per heavy atom. The molecule has 1 amide bonds. The number of piperazine rings is 1. The van der Waals surface area contributed by atoms with Crippen LogP contribution in [0.15, 0.2) is 52.7 Å². The van der Waals surface area contributed by atoms with Crippen LogP contribution in [-0.4, -0.2) is 68.4 Å². The zero-order valence-electron chi connectivity index (χ0n) is 14.9. The highest BCUT2D eigenvalue weighted by Gasteiger charge is 2.24. The molecule has 2 aromatic rings. The lowest BCUT2D eigenvalue weighted by Crippen LogP contribution is -2.50. The van der Waals surface area contributed by atoms with Gasteiger partial charge in [-0.1, -0.05) is 24.3 Å². The fourth-order valence-electron chi connectivity index (χ4n) is 3.00. The van der Waals surface area contributed by atoms with Crippen LogP contribution in [0.4, 0.5) is 0 Å². The molecule has 1 saturated heterocycles. The second kappa shape index (κ2) is 8.77. The number of thiophene rings is 1. The van der Waals surface area contributed by atoms with Crippen molar-refractivity contribution >= 4 is 32.9 Å². The van der Waals surface area contributed by atoms with Crippen LogP contribution in [0.2, 0.25) is 0 Å². The molecule has 0 aliphatic carbocycles. The molecular weight excluding hydrogens is 384 g/mol. The van der Waals surface area contributed by atoms with Crippen LogP contribution in [0.25, 0.3) is 0 Å². The van der Waals surface area contributed by atoms with Crippen molar-refractivity contribution in [3.8, 4) is 0 Å². The largest absolute Gasteiger partial charge is 0.340 e. The molecule has 0 atom stereocenters. The minimum Gasteiger partial charge on any atom is -0.340 e. The number of benzene rings is 1. The number of rotatable bonds is 7. The molecule has 0 saturated carbocycles. The summed E-state index contributed by atoms with van der Waals surface area (Å²) in [4.78, 5) is 29.2. The highest BCUT2D eigenvalue weighted by Crippen LogP contribution is 2.14. The Morgan fingerprint density at radius 2 is 1.67 bits per heavy atom. The number of nitrogens with zero attached hydrogens (tertiary/aromatic N) is 2. The van der Waals surface area contributed by atoms with Gasteiger partial charge in [0.05, 0.1) is 22.1 Å². The van der Waals surface area contributed by atoms with Crippen LogP contribution in [0.5, 0.6) is 0 Å². The number of sulfone groups is 1. The third-order valence-corrected chi connectivity index (χ3v) is 7.22. The highest BCUT2D eigenvalue weighted by molar-refractivity contribution is 7.91. The van der Waals surface area contributed by atoms with Crippen molar-refractivity contribution < 1.29 is 18.0 Å².